The molecule has 5 nitrogen and oxygen atoms in total. The van der Waals surface area contributed by atoms with Crippen molar-refractivity contribution in [3.63, 3.8) is 0 Å². The first-order valence-electron chi connectivity index (χ1n) is 10.9. The highest BCUT2D eigenvalue weighted by Gasteiger charge is 2.36. The molecule has 0 radical (unpaired) electrons. The van der Waals surface area contributed by atoms with Crippen molar-refractivity contribution in [3.05, 3.63) is 47.3 Å². The van der Waals surface area contributed by atoms with E-state index in [9.17, 15) is 18.7 Å². The maximum absolute atomic E-state index is 14.8. The summed E-state index contributed by atoms with van der Waals surface area (Å²) in [5.74, 6) is -2.32. The number of halogens is 2. The van der Waals surface area contributed by atoms with Crippen molar-refractivity contribution >= 4 is 11.7 Å². The summed E-state index contributed by atoms with van der Waals surface area (Å²) in [5.41, 5.74) is 1.25. The number of carbonyl (C=O) groups is 1. The van der Waals surface area contributed by atoms with E-state index in [1.165, 1.54) is 6.20 Å². The van der Waals surface area contributed by atoms with Gasteiger partial charge >= 0.3 is 5.97 Å². The number of carboxylic acid groups (broad SMARTS) is 1. The Morgan fingerprint density at radius 3 is 2.38 bits per heavy atom. The SMILES string of the molecule is Cc1ncc(-c2cc(F)ccc2F)c(N2CCC(C)(C)CC2)c1[C@H](OC(C)(C)C)C(=O)O. The van der Waals surface area contributed by atoms with Crippen LogP contribution in [0.1, 0.15) is 64.8 Å². The van der Waals surface area contributed by atoms with Gasteiger partial charge < -0.3 is 14.7 Å². The van der Waals surface area contributed by atoms with E-state index in [0.29, 0.717) is 35.6 Å². The zero-order valence-electron chi connectivity index (χ0n) is 19.6. The molecule has 0 unspecified atom stereocenters. The second kappa shape index (κ2) is 8.77. The summed E-state index contributed by atoms with van der Waals surface area (Å²) in [5, 5.41) is 10.1. The van der Waals surface area contributed by atoms with Crippen molar-refractivity contribution in [2.45, 2.75) is 66.1 Å². The molecule has 174 valence electrons. The second-order valence-electron chi connectivity index (χ2n) is 10.2. The Balaban J connectivity index is 2.28. The molecule has 0 saturated carbocycles. The minimum atomic E-state index is -1.30. The van der Waals surface area contributed by atoms with Gasteiger partial charge in [-0.1, -0.05) is 13.8 Å². The topological polar surface area (TPSA) is 62.7 Å². The Morgan fingerprint density at radius 2 is 1.81 bits per heavy atom. The molecule has 0 aliphatic carbocycles. The molecule has 3 rings (SSSR count). The van der Waals surface area contributed by atoms with Crippen molar-refractivity contribution in [1.82, 2.24) is 4.98 Å². The van der Waals surface area contributed by atoms with Crippen molar-refractivity contribution in [2.75, 3.05) is 18.0 Å². The van der Waals surface area contributed by atoms with Gasteiger partial charge in [0.05, 0.1) is 11.3 Å². The number of anilines is 1. The fourth-order valence-corrected chi connectivity index (χ4v) is 4.09. The van der Waals surface area contributed by atoms with Crippen LogP contribution < -0.4 is 4.90 Å². The first kappa shape index (κ1) is 24.1. The quantitative estimate of drug-likeness (QED) is 0.619. The molecule has 0 amide bonds. The third-order valence-corrected chi connectivity index (χ3v) is 5.90. The van der Waals surface area contributed by atoms with Gasteiger partial charge in [-0.15, -0.1) is 0 Å². The smallest absolute Gasteiger partial charge is 0.337 e. The van der Waals surface area contributed by atoms with E-state index in [-0.39, 0.29) is 11.0 Å². The monoisotopic (exact) mass is 446 g/mol. The van der Waals surface area contributed by atoms with E-state index in [0.717, 1.165) is 31.0 Å². The molecule has 2 heterocycles. The minimum Gasteiger partial charge on any atom is -0.479 e. The first-order chi connectivity index (χ1) is 14.8. The highest BCUT2D eigenvalue weighted by Crippen LogP contribution is 2.44. The maximum Gasteiger partial charge on any atom is 0.337 e. The van der Waals surface area contributed by atoms with Crippen LogP contribution in [-0.4, -0.2) is 34.8 Å². The van der Waals surface area contributed by atoms with Gasteiger partial charge in [-0.25, -0.2) is 13.6 Å². The van der Waals surface area contributed by atoms with Gasteiger partial charge in [0.2, 0.25) is 0 Å². The minimum absolute atomic E-state index is 0.0541. The number of carboxylic acids is 1. The maximum atomic E-state index is 14.8. The number of pyridine rings is 1. The number of rotatable bonds is 5. The number of benzene rings is 1. The van der Waals surface area contributed by atoms with Crippen LogP contribution in [0.4, 0.5) is 14.5 Å². The highest BCUT2D eigenvalue weighted by atomic mass is 19.1. The Morgan fingerprint density at radius 1 is 1.19 bits per heavy atom. The number of nitrogens with zero attached hydrogens (tertiary/aromatic N) is 2. The van der Waals surface area contributed by atoms with Gasteiger partial charge in [0, 0.05) is 41.7 Å². The molecule has 1 N–H and O–H groups in total. The molecule has 1 atom stereocenters. The van der Waals surface area contributed by atoms with Crippen LogP contribution in [0.25, 0.3) is 11.1 Å². The largest absolute Gasteiger partial charge is 0.479 e. The molecule has 1 aromatic heterocycles. The Bertz CT molecular complexity index is 1000. The van der Waals surface area contributed by atoms with Crippen molar-refractivity contribution in [3.8, 4) is 11.1 Å². The number of hydrogen-bond acceptors (Lipinski definition) is 4. The summed E-state index contributed by atoms with van der Waals surface area (Å²) in [6.45, 7) is 12.8. The molecule has 32 heavy (non-hydrogen) atoms. The molecule has 0 bridgehead atoms. The highest BCUT2D eigenvalue weighted by molar-refractivity contribution is 5.86. The predicted molar refractivity (Wildman–Crippen MR) is 121 cm³/mol. The Labute approximate surface area is 188 Å². The Kier molecular flexibility index (Phi) is 6.61. The molecule has 1 aliphatic heterocycles. The van der Waals surface area contributed by atoms with E-state index in [1.54, 1.807) is 27.7 Å². The van der Waals surface area contributed by atoms with Crippen LogP contribution in [0, 0.1) is 24.0 Å². The molecule has 1 aliphatic rings. The zero-order chi connectivity index (χ0) is 23.8. The van der Waals surface area contributed by atoms with E-state index in [1.807, 2.05) is 0 Å². The first-order valence-corrected chi connectivity index (χ1v) is 10.9. The lowest BCUT2D eigenvalue weighted by Gasteiger charge is -2.41. The average Bonchev–Trinajstić information content (AvgIpc) is 2.67. The summed E-state index contributed by atoms with van der Waals surface area (Å²) < 4.78 is 34.9. The van der Waals surface area contributed by atoms with Gasteiger partial charge in [-0.3, -0.25) is 4.98 Å². The van der Waals surface area contributed by atoms with Gasteiger partial charge in [0.25, 0.3) is 0 Å². The van der Waals surface area contributed by atoms with E-state index < -0.39 is 29.3 Å². The molecular weight excluding hydrogens is 414 g/mol. The molecule has 1 saturated heterocycles. The molecule has 1 aromatic carbocycles. The summed E-state index contributed by atoms with van der Waals surface area (Å²) in [7, 11) is 0. The van der Waals surface area contributed by atoms with Gasteiger partial charge in [-0.05, 0) is 64.2 Å². The normalized spacial score (nSPS) is 17.3. The van der Waals surface area contributed by atoms with Crippen LogP contribution in [0.3, 0.4) is 0 Å². The Hall–Kier alpha value is -2.54. The van der Waals surface area contributed by atoms with Crippen LogP contribution in [0.15, 0.2) is 24.4 Å². The molecule has 1 fully saturated rings. The second-order valence-corrected chi connectivity index (χ2v) is 10.2. The number of aliphatic carboxylic acids is 1. The lowest BCUT2D eigenvalue weighted by Crippen LogP contribution is -2.39. The van der Waals surface area contributed by atoms with Crippen LogP contribution in [0.5, 0.6) is 0 Å². The van der Waals surface area contributed by atoms with Crippen LogP contribution in [-0.2, 0) is 9.53 Å². The van der Waals surface area contributed by atoms with E-state index >= 15 is 0 Å². The lowest BCUT2D eigenvalue weighted by atomic mass is 9.82. The molecule has 0 spiro atoms. The van der Waals surface area contributed by atoms with Gasteiger partial charge in [0.15, 0.2) is 6.10 Å². The number of ether oxygens (including phenoxy) is 1. The standard InChI is InChI=1S/C25H32F2N2O3/c1-15-20(22(23(30)31)32-24(2,3)4)21(29-11-9-25(5,6)10-12-29)18(14-28-15)17-13-16(26)7-8-19(17)27/h7-8,13-14,22H,9-12H2,1-6H3,(H,30,31)/t22-/m0/s1. The summed E-state index contributed by atoms with van der Waals surface area (Å²) >= 11 is 0. The van der Waals surface area contributed by atoms with E-state index in [4.69, 9.17) is 4.74 Å². The zero-order valence-corrected chi connectivity index (χ0v) is 19.6. The number of hydrogen-bond donors (Lipinski definition) is 1. The molecular formula is C25H32F2N2O3. The fourth-order valence-electron chi connectivity index (χ4n) is 4.09. The summed E-state index contributed by atoms with van der Waals surface area (Å²) in [6, 6.07) is 3.27. The van der Waals surface area contributed by atoms with E-state index in [2.05, 4.69) is 23.7 Å². The van der Waals surface area contributed by atoms with Crippen molar-refractivity contribution < 1.29 is 23.4 Å². The third kappa shape index (κ3) is 5.26. The summed E-state index contributed by atoms with van der Waals surface area (Å²) in [4.78, 5) is 18.8. The fraction of sp³-hybridized carbons (Fsp3) is 0.520. The van der Waals surface area contributed by atoms with Crippen LogP contribution in [0.2, 0.25) is 0 Å². The van der Waals surface area contributed by atoms with Crippen molar-refractivity contribution in [1.29, 1.82) is 0 Å². The number of piperidine rings is 1. The average molecular weight is 447 g/mol. The molecule has 7 heteroatoms. The lowest BCUT2D eigenvalue weighted by molar-refractivity contribution is -0.160. The molecule has 2 aromatic rings. The third-order valence-electron chi connectivity index (χ3n) is 5.90. The van der Waals surface area contributed by atoms with Crippen LogP contribution >= 0.6 is 0 Å². The predicted octanol–water partition coefficient (Wildman–Crippen LogP) is 5.90. The number of aryl methyl sites for hydroxylation is 1. The van der Waals surface area contributed by atoms with Crippen molar-refractivity contribution in [2.24, 2.45) is 5.41 Å². The summed E-state index contributed by atoms with van der Waals surface area (Å²) in [6.07, 6.45) is 1.97. The van der Waals surface area contributed by atoms with Gasteiger partial charge in [-0.2, -0.15) is 0 Å². The van der Waals surface area contributed by atoms with Gasteiger partial charge in [0.1, 0.15) is 11.6 Å². The number of aromatic nitrogens is 1.